The topological polar surface area (TPSA) is 59.5 Å². The molecule has 5 heteroatoms. The van der Waals surface area contributed by atoms with Gasteiger partial charge in [-0.3, -0.25) is 5.10 Å². The second-order valence-electron chi connectivity index (χ2n) is 8.25. The van der Waals surface area contributed by atoms with Crippen LogP contribution in [-0.2, 0) is 21.4 Å². The summed E-state index contributed by atoms with van der Waals surface area (Å²) in [5.41, 5.74) is 6.45. The molecule has 1 aromatic heterocycles. The Bertz CT molecular complexity index is 1040. The molecule has 0 amide bonds. The maximum atomic E-state index is 5.52. The predicted molar refractivity (Wildman–Crippen MR) is 122 cm³/mol. The smallest absolute Gasteiger partial charge is 0.140 e. The van der Waals surface area contributed by atoms with E-state index in [4.69, 9.17) is 14.7 Å². The summed E-state index contributed by atoms with van der Waals surface area (Å²) >= 11 is 0. The fraction of sp³-hybridized carbons (Fsp3) is 0.308. The Labute approximate surface area is 182 Å². The Morgan fingerprint density at radius 1 is 1.03 bits per heavy atom. The molecule has 1 N–H and O–H groups in total. The Morgan fingerprint density at radius 3 is 2.32 bits per heavy atom. The lowest BCUT2D eigenvalue weighted by atomic mass is 9.68. The van der Waals surface area contributed by atoms with Crippen molar-refractivity contribution in [1.29, 1.82) is 0 Å². The number of oxime groups is 1. The number of aromatic nitrogens is 2. The zero-order valence-corrected chi connectivity index (χ0v) is 17.8. The summed E-state index contributed by atoms with van der Waals surface area (Å²) in [5.74, 6) is 0.429. The van der Waals surface area contributed by atoms with Crippen LogP contribution in [0.1, 0.15) is 40.9 Å². The quantitative estimate of drug-likeness (QED) is 0.330. The highest BCUT2D eigenvalue weighted by atomic mass is 16.6. The Kier molecular flexibility index (Phi) is 5.43. The molecule has 0 aliphatic heterocycles. The molecule has 1 fully saturated rings. The molecule has 0 saturated heterocycles. The summed E-state index contributed by atoms with van der Waals surface area (Å²) in [6, 6.07) is 21.4. The maximum absolute atomic E-state index is 5.52. The van der Waals surface area contributed by atoms with Crippen molar-refractivity contribution in [2.75, 3.05) is 20.3 Å². The van der Waals surface area contributed by atoms with Crippen LogP contribution in [0.4, 0.5) is 0 Å². The fourth-order valence-electron chi connectivity index (χ4n) is 4.40. The van der Waals surface area contributed by atoms with E-state index in [0.717, 1.165) is 41.9 Å². The van der Waals surface area contributed by atoms with Gasteiger partial charge in [0.05, 0.1) is 6.61 Å². The minimum Gasteiger partial charge on any atom is -0.393 e. The number of benzene rings is 2. The molecule has 5 rings (SSSR count). The number of ether oxygens (including phenoxy) is 1. The van der Waals surface area contributed by atoms with Crippen molar-refractivity contribution in [3.8, 4) is 0 Å². The molecule has 0 unspecified atom stereocenters. The highest BCUT2D eigenvalue weighted by Crippen LogP contribution is 2.43. The van der Waals surface area contributed by atoms with Gasteiger partial charge in [-0.05, 0) is 24.0 Å². The molecular formula is C26H27N3O2. The molecule has 158 valence electrons. The van der Waals surface area contributed by atoms with Crippen LogP contribution in [0.2, 0.25) is 0 Å². The Hall–Kier alpha value is -3.18. The van der Waals surface area contributed by atoms with Crippen LogP contribution >= 0.6 is 0 Å². The van der Waals surface area contributed by atoms with Crippen molar-refractivity contribution in [1.82, 2.24) is 10.2 Å². The first-order valence-corrected chi connectivity index (χ1v) is 10.9. The number of allylic oxidation sites excluding steroid dienone is 1. The van der Waals surface area contributed by atoms with E-state index in [0.29, 0.717) is 19.1 Å². The molecule has 2 aliphatic carbocycles. The van der Waals surface area contributed by atoms with Crippen LogP contribution < -0.4 is 0 Å². The number of nitrogens with one attached hydrogen (secondary N) is 1. The van der Waals surface area contributed by atoms with E-state index < -0.39 is 0 Å². The summed E-state index contributed by atoms with van der Waals surface area (Å²) in [4.78, 5) is 5.52. The second kappa shape index (κ2) is 8.52. The first-order valence-electron chi connectivity index (χ1n) is 10.9. The van der Waals surface area contributed by atoms with E-state index in [9.17, 15) is 0 Å². The summed E-state index contributed by atoms with van der Waals surface area (Å²) < 4.78 is 5.06. The van der Waals surface area contributed by atoms with E-state index in [1.807, 2.05) is 0 Å². The molecule has 1 heterocycles. The lowest BCUT2D eigenvalue weighted by Crippen LogP contribution is -2.30. The van der Waals surface area contributed by atoms with Crippen LogP contribution in [0.5, 0.6) is 0 Å². The molecule has 1 saturated carbocycles. The van der Waals surface area contributed by atoms with Gasteiger partial charge in [-0.15, -0.1) is 0 Å². The number of rotatable bonds is 8. The average Bonchev–Trinajstić information content (AvgIpc) is 3.59. The maximum Gasteiger partial charge on any atom is 0.140 e. The van der Waals surface area contributed by atoms with Crippen LogP contribution in [-0.4, -0.2) is 36.2 Å². The Balaban J connectivity index is 1.53. The number of hydrogen-bond donors (Lipinski definition) is 1. The number of fused-ring (bicyclic) bond motifs is 1. The van der Waals surface area contributed by atoms with Gasteiger partial charge >= 0.3 is 0 Å². The average molecular weight is 414 g/mol. The van der Waals surface area contributed by atoms with Gasteiger partial charge in [0, 0.05) is 36.1 Å². The molecule has 31 heavy (non-hydrogen) atoms. The molecule has 0 radical (unpaired) electrons. The third-order valence-electron chi connectivity index (χ3n) is 6.20. The van der Waals surface area contributed by atoms with Crippen LogP contribution in [0.25, 0.3) is 6.08 Å². The lowest BCUT2D eigenvalue weighted by Gasteiger charge is -2.34. The molecule has 0 atom stereocenters. The first-order chi connectivity index (χ1) is 15.3. The van der Waals surface area contributed by atoms with Crippen molar-refractivity contribution in [3.05, 3.63) is 94.8 Å². The predicted octanol–water partition coefficient (Wildman–Crippen LogP) is 4.74. The Morgan fingerprint density at radius 2 is 1.71 bits per heavy atom. The minimum absolute atomic E-state index is 0.231. The third-order valence-corrected chi connectivity index (χ3v) is 6.20. The molecule has 0 bridgehead atoms. The van der Waals surface area contributed by atoms with E-state index in [-0.39, 0.29) is 5.41 Å². The van der Waals surface area contributed by atoms with E-state index >= 15 is 0 Å². The minimum atomic E-state index is -0.231. The van der Waals surface area contributed by atoms with Crippen molar-refractivity contribution >= 4 is 11.8 Å². The zero-order chi connectivity index (χ0) is 21.1. The lowest BCUT2D eigenvalue weighted by molar-refractivity contribution is 0.0747. The van der Waals surface area contributed by atoms with Crippen LogP contribution in [0.3, 0.4) is 0 Å². The fourth-order valence-corrected chi connectivity index (χ4v) is 4.40. The van der Waals surface area contributed by atoms with Crippen molar-refractivity contribution < 1.29 is 9.57 Å². The second-order valence-corrected chi connectivity index (χ2v) is 8.25. The number of aromatic amines is 1. The van der Waals surface area contributed by atoms with E-state index in [1.165, 1.54) is 11.1 Å². The van der Waals surface area contributed by atoms with Gasteiger partial charge in [0.25, 0.3) is 0 Å². The van der Waals surface area contributed by atoms with Gasteiger partial charge in [-0.1, -0.05) is 78.0 Å². The summed E-state index contributed by atoms with van der Waals surface area (Å²) in [5, 5.41) is 12.5. The van der Waals surface area contributed by atoms with Crippen molar-refractivity contribution in [3.63, 3.8) is 0 Å². The van der Waals surface area contributed by atoms with Crippen molar-refractivity contribution in [2.24, 2.45) is 11.1 Å². The molecule has 2 aromatic carbocycles. The first kappa shape index (κ1) is 19.8. The molecule has 5 nitrogen and oxygen atoms in total. The molecule has 0 spiro atoms. The standard InChI is InChI=1S/C26H27N3O2/c1-30-16-17-31-29-24(19-12-13-19)25-22-14-15-26(18-23(22)27-28-25,20-8-4-2-5-9-20)21-10-6-3-7-11-21/h2-11,14-15,19H,12-13,16-18H2,1H3,(H,27,28)/b29-24+. The number of nitrogens with zero attached hydrogens (tertiary/aromatic N) is 2. The largest absolute Gasteiger partial charge is 0.393 e. The van der Waals surface area contributed by atoms with Crippen LogP contribution in [0.15, 0.2) is 71.9 Å². The third kappa shape index (κ3) is 3.81. The summed E-state index contributed by atoms with van der Waals surface area (Å²) in [6.45, 7) is 0.969. The molecular weight excluding hydrogens is 386 g/mol. The van der Waals surface area contributed by atoms with Gasteiger partial charge < -0.3 is 9.57 Å². The highest BCUT2D eigenvalue weighted by Gasteiger charge is 2.38. The monoisotopic (exact) mass is 413 g/mol. The highest BCUT2D eigenvalue weighted by molar-refractivity contribution is 6.04. The van der Waals surface area contributed by atoms with Gasteiger partial charge in [0.1, 0.15) is 18.0 Å². The zero-order valence-electron chi connectivity index (χ0n) is 17.8. The molecule has 2 aliphatic rings. The van der Waals surface area contributed by atoms with Crippen molar-refractivity contribution in [2.45, 2.75) is 24.7 Å². The van der Waals surface area contributed by atoms with Gasteiger partial charge in [0.15, 0.2) is 0 Å². The van der Waals surface area contributed by atoms with Gasteiger partial charge in [0.2, 0.25) is 0 Å². The van der Waals surface area contributed by atoms with E-state index in [2.05, 4.69) is 83.1 Å². The number of H-pyrrole nitrogens is 1. The van der Waals surface area contributed by atoms with Gasteiger partial charge in [-0.25, -0.2) is 0 Å². The van der Waals surface area contributed by atoms with E-state index in [1.54, 1.807) is 7.11 Å². The normalized spacial score (nSPS) is 17.4. The summed E-state index contributed by atoms with van der Waals surface area (Å²) in [7, 11) is 1.66. The molecule has 3 aromatic rings. The van der Waals surface area contributed by atoms with Crippen LogP contribution in [0, 0.1) is 5.92 Å². The SMILES string of the molecule is COCCO/N=C(/c1n[nH]c2c1C=CC(c1ccccc1)(c1ccccc1)C2)C1CC1. The summed E-state index contributed by atoms with van der Waals surface area (Å²) in [6.07, 6.45) is 7.63. The van der Waals surface area contributed by atoms with Gasteiger partial charge in [-0.2, -0.15) is 5.10 Å². The number of hydrogen-bond acceptors (Lipinski definition) is 4. The number of methoxy groups -OCH3 is 1.